The Balaban J connectivity index is 2.09. The van der Waals surface area contributed by atoms with Crippen molar-refractivity contribution in [1.82, 2.24) is 0 Å². The summed E-state index contributed by atoms with van der Waals surface area (Å²) >= 11 is 10.8. The van der Waals surface area contributed by atoms with Crippen LogP contribution in [0.3, 0.4) is 0 Å². The molecule has 2 rings (SSSR count). The molecule has 0 aliphatic heterocycles. The van der Waals surface area contributed by atoms with Gasteiger partial charge in [0.2, 0.25) is 0 Å². The Morgan fingerprint density at radius 1 is 1.28 bits per heavy atom. The number of rotatable bonds is 4. The predicted octanol–water partition coefficient (Wildman–Crippen LogP) is 5.62. The highest BCUT2D eigenvalue weighted by atomic mass is 35.5. The molecule has 0 amide bonds. The van der Waals surface area contributed by atoms with Crippen molar-refractivity contribution in [2.24, 2.45) is 17.3 Å². The van der Waals surface area contributed by atoms with Gasteiger partial charge in [-0.25, -0.2) is 8.78 Å². The molecular weight excluding hydrogens is 390 g/mol. The second-order valence-electron chi connectivity index (χ2n) is 6.27. The number of halogens is 7. The fourth-order valence-corrected chi connectivity index (χ4v) is 2.97. The average molecular weight is 403 g/mol. The van der Waals surface area contributed by atoms with Gasteiger partial charge in [-0.2, -0.15) is 13.2 Å². The molecule has 0 unspecified atom stereocenters. The maximum atomic E-state index is 13.6. The summed E-state index contributed by atoms with van der Waals surface area (Å²) in [5, 5.41) is -1.83. The van der Waals surface area contributed by atoms with Gasteiger partial charge < -0.3 is 4.74 Å². The Hall–Kier alpha value is -1.34. The number of alkyl halides is 3. The third-order valence-corrected chi connectivity index (χ3v) is 5.01. The summed E-state index contributed by atoms with van der Waals surface area (Å²) in [6.45, 7) is 2.53. The van der Waals surface area contributed by atoms with Crippen LogP contribution in [0.4, 0.5) is 22.0 Å². The summed E-state index contributed by atoms with van der Waals surface area (Å²) in [6, 6.07) is 1.66. The predicted molar refractivity (Wildman–Crippen MR) is 81.9 cm³/mol. The molecule has 0 heterocycles. The van der Waals surface area contributed by atoms with E-state index in [9.17, 15) is 26.7 Å². The lowest BCUT2D eigenvalue weighted by molar-refractivity contribution is -0.147. The highest BCUT2D eigenvalue weighted by Crippen LogP contribution is 2.60. The first-order valence-electron chi connectivity index (χ1n) is 7.11. The molecule has 2 atom stereocenters. The molecule has 0 N–H and O–H groups in total. The standard InChI is InChI=1S/C16H13Cl2F5O2/c1-15(2)8(5-11(17)16(21,22)23)12(15)14(24)25-6-7-9(19)3-4-10(20)13(7)18/h3-5,8,12H,6H2,1-2H3/t8-,12-/m0/s1. The van der Waals surface area contributed by atoms with E-state index in [1.807, 2.05) is 0 Å². The first-order chi connectivity index (χ1) is 11.4. The number of carbonyl (C=O) groups is 1. The van der Waals surface area contributed by atoms with E-state index in [0.29, 0.717) is 0 Å². The highest BCUT2D eigenvalue weighted by Gasteiger charge is 2.62. The molecule has 1 saturated carbocycles. The molecule has 138 valence electrons. The van der Waals surface area contributed by atoms with Gasteiger partial charge in [-0.1, -0.05) is 43.1 Å². The molecule has 0 aromatic heterocycles. The van der Waals surface area contributed by atoms with Crippen LogP contribution < -0.4 is 0 Å². The smallest absolute Gasteiger partial charge is 0.426 e. The quantitative estimate of drug-likeness (QED) is 0.371. The molecule has 25 heavy (non-hydrogen) atoms. The lowest BCUT2D eigenvalue weighted by atomic mass is 10.1. The van der Waals surface area contributed by atoms with Gasteiger partial charge in [-0.3, -0.25) is 4.79 Å². The summed E-state index contributed by atoms with van der Waals surface area (Å²) in [4.78, 5) is 12.1. The number of hydrogen-bond donors (Lipinski definition) is 0. The highest BCUT2D eigenvalue weighted by molar-refractivity contribution is 6.31. The maximum Gasteiger partial charge on any atom is 0.426 e. The maximum absolute atomic E-state index is 13.6. The van der Waals surface area contributed by atoms with E-state index in [2.05, 4.69) is 0 Å². The largest absolute Gasteiger partial charge is 0.460 e. The second-order valence-corrected chi connectivity index (χ2v) is 7.05. The fourth-order valence-electron chi connectivity index (χ4n) is 2.63. The number of esters is 1. The van der Waals surface area contributed by atoms with Crippen molar-refractivity contribution in [2.45, 2.75) is 26.6 Å². The van der Waals surface area contributed by atoms with Gasteiger partial charge in [0.05, 0.1) is 10.9 Å². The minimum absolute atomic E-state index is 0.339. The topological polar surface area (TPSA) is 26.3 Å². The van der Waals surface area contributed by atoms with Crippen LogP contribution in [0.2, 0.25) is 5.02 Å². The zero-order valence-electron chi connectivity index (χ0n) is 13.1. The van der Waals surface area contributed by atoms with Gasteiger partial charge in [0.25, 0.3) is 0 Å². The Kier molecular flexibility index (Phi) is 5.40. The summed E-state index contributed by atoms with van der Waals surface area (Å²) in [7, 11) is 0. The Labute approximate surface area is 150 Å². The van der Waals surface area contributed by atoms with Crippen molar-refractivity contribution < 1.29 is 31.5 Å². The Morgan fingerprint density at radius 2 is 1.84 bits per heavy atom. The van der Waals surface area contributed by atoms with E-state index < -0.39 is 57.7 Å². The number of allylic oxidation sites excluding steroid dienone is 2. The third kappa shape index (κ3) is 4.08. The minimum atomic E-state index is -4.70. The van der Waals surface area contributed by atoms with Crippen LogP contribution in [-0.2, 0) is 16.1 Å². The van der Waals surface area contributed by atoms with Crippen molar-refractivity contribution in [2.75, 3.05) is 0 Å². The van der Waals surface area contributed by atoms with Crippen LogP contribution in [0.25, 0.3) is 0 Å². The van der Waals surface area contributed by atoms with Crippen molar-refractivity contribution in [3.05, 3.63) is 45.5 Å². The van der Waals surface area contributed by atoms with E-state index in [4.69, 9.17) is 27.9 Å². The van der Waals surface area contributed by atoms with Crippen LogP contribution in [0, 0.1) is 28.9 Å². The van der Waals surface area contributed by atoms with Gasteiger partial charge in [0.15, 0.2) is 0 Å². The number of carbonyl (C=O) groups excluding carboxylic acids is 1. The van der Waals surface area contributed by atoms with Gasteiger partial charge in [0.1, 0.15) is 23.3 Å². The summed E-state index contributed by atoms with van der Waals surface area (Å²) in [5.74, 6) is -4.22. The van der Waals surface area contributed by atoms with E-state index in [1.54, 1.807) is 13.8 Å². The molecule has 1 aliphatic rings. The molecule has 0 saturated heterocycles. The Bertz CT molecular complexity index is 728. The third-order valence-electron chi connectivity index (χ3n) is 4.26. The number of hydrogen-bond acceptors (Lipinski definition) is 2. The second kappa shape index (κ2) is 6.76. The molecule has 0 spiro atoms. The Morgan fingerprint density at radius 3 is 2.40 bits per heavy atom. The monoisotopic (exact) mass is 402 g/mol. The van der Waals surface area contributed by atoms with Gasteiger partial charge >= 0.3 is 12.1 Å². The van der Waals surface area contributed by atoms with Crippen LogP contribution in [0.15, 0.2) is 23.2 Å². The summed E-state index contributed by atoms with van der Waals surface area (Å²) < 4.78 is 69.4. The van der Waals surface area contributed by atoms with E-state index in [0.717, 1.165) is 18.2 Å². The number of ether oxygens (including phenoxy) is 1. The van der Waals surface area contributed by atoms with Gasteiger partial charge in [-0.15, -0.1) is 0 Å². The summed E-state index contributed by atoms with van der Waals surface area (Å²) in [6.07, 6.45) is -3.93. The SMILES string of the molecule is CC1(C)[C@H](C(=O)OCc2c(F)ccc(F)c2Cl)[C@@H]1C=C(Cl)C(F)(F)F. The van der Waals surface area contributed by atoms with E-state index >= 15 is 0 Å². The number of benzene rings is 1. The van der Waals surface area contributed by atoms with Gasteiger partial charge in [-0.05, 0) is 23.5 Å². The summed E-state index contributed by atoms with van der Waals surface area (Å²) in [5.41, 5.74) is -1.14. The zero-order valence-corrected chi connectivity index (χ0v) is 14.6. The molecule has 0 radical (unpaired) electrons. The molecule has 1 fully saturated rings. The van der Waals surface area contributed by atoms with Gasteiger partial charge in [0, 0.05) is 5.56 Å². The first-order valence-corrected chi connectivity index (χ1v) is 7.86. The minimum Gasteiger partial charge on any atom is -0.460 e. The van der Waals surface area contributed by atoms with Crippen molar-refractivity contribution in [3.63, 3.8) is 0 Å². The molecule has 1 aromatic rings. The molecule has 1 aromatic carbocycles. The van der Waals surface area contributed by atoms with Crippen LogP contribution >= 0.6 is 23.2 Å². The van der Waals surface area contributed by atoms with Crippen LogP contribution in [-0.4, -0.2) is 12.1 Å². The lowest BCUT2D eigenvalue weighted by Gasteiger charge is -2.09. The molecular formula is C16H13Cl2F5O2. The average Bonchev–Trinajstić information content (AvgIpc) is 3.02. The van der Waals surface area contributed by atoms with Crippen molar-refractivity contribution in [1.29, 1.82) is 0 Å². The fraction of sp³-hybridized carbons (Fsp3) is 0.438. The molecule has 9 heteroatoms. The van der Waals surface area contributed by atoms with E-state index in [1.165, 1.54) is 0 Å². The molecule has 1 aliphatic carbocycles. The van der Waals surface area contributed by atoms with Crippen molar-refractivity contribution in [3.8, 4) is 0 Å². The van der Waals surface area contributed by atoms with Crippen LogP contribution in [0.5, 0.6) is 0 Å². The molecule has 0 bridgehead atoms. The first kappa shape index (κ1) is 20.0. The lowest BCUT2D eigenvalue weighted by Crippen LogP contribution is -2.12. The van der Waals surface area contributed by atoms with E-state index in [-0.39, 0.29) is 5.56 Å². The normalized spacial score (nSPS) is 22.7. The zero-order chi connectivity index (χ0) is 19.2. The van der Waals surface area contributed by atoms with Crippen LogP contribution in [0.1, 0.15) is 19.4 Å². The van der Waals surface area contributed by atoms with Crippen molar-refractivity contribution >= 4 is 29.2 Å². The molecule has 2 nitrogen and oxygen atoms in total.